The van der Waals surface area contributed by atoms with Gasteiger partial charge < -0.3 is 14.8 Å². The molecule has 2 aromatic heterocycles. The van der Waals surface area contributed by atoms with Crippen LogP contribution in [0.5, 0.6) is 11.5 Å². The number of anilines is 1. The van der Waals surface area contributed by atoms with Crippen LogP contribution < -0.4 is 14.8 Å². The molecule has 1 aromatic carbocycles. The number of ether oxygens (including phenoxy) is 2. The van der Waals surface area contributed by atoms with E-state index >= 15 is 0 Å². The van der Waals surface area contributed by atoms with Crippen LogP contribution in [0.3, 0.4) is 0 Å². The van der Waals surface area contributed by atoms with Gasteiger partial charge in [0.05, 0.1) is 32.5 Å². The summed E-state index contributed by atoms with van der Waals surface area (Å²) in [7, 11) is 3.14. The van der Waals surface area contributed by atoms with Crippen molar-refractivity contribution < 1.29 is 14.3 Å². The Bertz CT molecular complexity index is 845. The summed E-state index contributed by atoms with van der Waals surface area (Å²) in [5, 5.41) is 6.93. The van der Waals surface area contributed by atoms with E-state index in [2.05, 4.69) is 15.4 Å². The van der Waals surface area contributed by atoms with E-state index in [1.165, 1.54) is 0 Å². The maximum atomic E-state index is 12.2. The second-order valence-corrected chi connectivity index (χ2v) is 5.27. The SMILES string of the molecule is COc1ccc(CC(=O)Nc2ccc(-n3cccn3)nc2)cc1OC. The van der Waals surface area contributed by atoms with Gasteiger partial charge in [0.15, 0.2) is 17.3 Å². The van der Waals surface area contributed by atoms with Crippen LogP contribution in [0, 0.1) is 0 Å². The second kappa shape index (κ2) is 7.48. The van der Waals surface area contributed by atoms with E-state index in [-0.39, 0.29) is 12.3 Å². The zero-order valence-electron chi connectivity index (χ0n) is 14.0. The number of nitrogens with zero attached hydrogens (tertiary/aromatic N) is 3. The van der Waals surface area contributed by atoms with Crippen LogP contribution in [-0.4, -0.2) is 34.9 Å². The third-order valence-electron chi connectivity index (χ3n) is 3.58. The number of pyridine rings is 1. The molecule has 128 valence electrons. The molecule has 0 spiro atoms. The van der Waals surface area contributed by atoms with Crippen LogP contribution in [0.25, 0.3) is 5.82 Å². The highest BCUT2D eigenvalue weighted by atomic mass is 16.5. The number of methoxy groups -OCH3 is 2. The van der Waals surface area contributed by atoms with Gasteiger partial charge in [0, 0.05) is 12.4 Å². The maximum absolute atomic E-state index is 12.2. The lowest BCUT2D eigenvalue weighted by Gasteiger charge is -2.10. The van der Waals surface area contributed by atoms with Gasteiger partial charge in [-0.1, -0.05) is 6.07 Å². The Kier molecular flexibility index (Phi) is 4.94. The Balaban J connectivity index is 1.64. The van der Waals surface area contributed by atoms with E-state index in [9.17, 15) is 4.79 Å². The molecule has 25 heavy (non-hydrogen) atoms. The summed E-state index contributed by atoms with van der Waals surface area (Å²) < 4.78 is 12.1. The van der Waals surface area contributed by atoms with E-state index in [4.69, 9.17) is 9.47 Å². The Morgan fingerprint density at radius 1 is 1.16 bits per heavy atom. The van der Waals surface area contributed by atoms with Crippen LogP contribution >= 0.6 is 0 Å². The van der Waals surface area contributed by atoms with E-state index in [1.807, 2.05) is 12.1 Å². The molecule has 0 fully saturated rings. The van der Waals surface area contributed by atoms with Crippen molar-refractivity contribution >= 4 is 11.6 Å². The van der Waals surface area contributed by atoms with Crippen molar-refractivity contribution in [3.63, 3.8) is 0 Å². The molecule has 2 heterocycles. The normalized spacial score (nSPS) is 10.3. The summed E-state index contributed by atoms with van der Waals surface area (Å²) in [4.78, 5) is 16.5. The molecule has 0 aliphatic rings. The zero-order valence-corrected chi connectivity index (χ0v) is 14.0. The Morgan fingerprint density at radius 2 is 2.00 bits per heavy atom. The third-order valence-corrected chi connectivity index (χ3v) is 3.58. The average Bonchev–Trinajstić information content (AvgIpc) is 3.17. The van der Waals surface area contributed by atoms with Crippen molar-refractivity contribution in [3.8, 4) is 17.3 Å². The molecule has 0 unspecified atom stereocenters. The monoisotopic (exact) mass is 338 g/mol. The van der Waals surface area contributed by atoms with Crippen LogP contribution in [0.4, 0.5) is 5.69 Å². The molecule has 1 N–H and O–H groups in total. The van der Waals surface area contributed by atoms with E-state index in [0.29, 0.717) is 23.0 Å². The molecular formula is C18H18N4O3. The molecule has 0 saturated heterocycles. The lowest BCUT2D eigenvalue weighted by Crippen LogP contribution is -2.14. The Hall–Kier alpha value is -3.35. The largest absolute Gasteiger partial charge is 0.493 e. The summed E-state index contributed by atoms with van der Waals surface area (Å²) in [5.41, 5.74) is 1.46. The number of rotatable bonds is 6. The molecule has 0 aliphatic carbocycles. The molecule has 0 aliphatic heterocycles. The standard InChI is InChI=1S/C18H18N4O3/c1-24-15-6-4-13(10-16(15)25-2)11-18(23)21-14-5-7-17(19-12-14)22-9-3-8-20-22/h3-10,12H,11H2,1-2H3,(H,21,23). The first-order valence-electron chi connectivity index (χ1n) is 7.66. The first kappa shape index (κ1) is 16.5. The second-order valence-electron chi connectivity index (χ2n) is 5.27. The number of hydrogen-bond acceptors (Lipinski definition) is 5. The van der Waals surface area contributed by atoms with Crippen LogP contribution in [0.15, 0.2) is 55.0 Å². The zero-order chi connectivity index (χ0) is 17.6. The van der Waals surface area contributed by atoms with Gasteiger partial charge in [-0.2, -0.15) is 5.10 Å². The summed E-state index contributed by atoms with van der Waals surface area (Å²) in [5.74, 6) is 1.77. The van der Waals surface area contributed by atoms with Crippen molar-refractivity contribution in [2.75, 3.05) is 19.5 Å². The minimum atomic E-state index is -0.138. The lowest BCUT2D eigenvalue weighted by atomic mass is 10.1. The minimum absolute atomic E-state index is 0.138. The number of carbonyl (C=O) groups is 1. The van der Waals surface area contributed by atoms with Gasteiger partial charge >= 0.3 is 0 Å². The quantitative estimate of drug-likeness (QED) is 0.747. The van der Waals surface area contributed by atoms with Gasteiger partial charge in [-0.05, 0) is 35.9 Å². The van der Waals surface area contributed by atoms with Gasteiger partial charge in [0.2, 0.25) is 5.91 Å². The van der Waals surface area contributed by atoms with E-state index in [1.54, 1.807) is 61.8 Å². The fourth-order valence-corrected chi connectivity index (χ4v) is 2.38. The number of amides is 1. The van der Waals surface area contributed by atoms with Gasteiger partial charge in [-0.25, -0.2) is 9.67 Å². The fraction of sp³-hybridized carbons (Fsp3) is 0.167. The number of nitrogens with one attached hydrogen (secondary N) is 1. The van der Waals surface area contributed by atoms with E-state index in [0.717, 1.165) is 5.56 Å². The van der Waals surface area contributed by atoms with Crippen LogP contribution in [-0.2, 0) is 11.2 Å². The molecule has 0 saturated carbocycles. The smallest absolute Gasteiger partial charge is 0.228 e. The van der Waals surface area contributed by atoms with E-state index < -0.39 is 0 Å². The van der Waals surface area contributed by atoms with Crippen molar-refractivity contribution in [2.24, 2.45) is 0 Å². The van der Waals surface area contributed by atoms with Crippen molar-refractivity contribution in [2.45, 2.75) is 6.42 Å². The fourth-order valence-electron chi connectivity index (χ4n) is 2.38. The molecule has 0 atom stereocenters. The first-order valence-corrected chi connectivity index (χ1v) is 7.66. The highest BCUT2D eigenvalue weighted by Gasteiger charge is 2.09. The van der Waals surface area contributed by atoms with Gasteiger partial charge in [-0.3, -0.25) is 4.79 Å². The van der Waals surface area contributed by atoms with Crippen molar-refractivity contribution in [3.05, 3.63) is 60.6 Å². The summed E-state index contributed by atoms with van der Waals surface area (Å²) >= 11 is 0. The number of aromatic nitrogens is 3. The predicted octanol–water partition coefficient (Wildman–Crippen LogP) is 2.47. The Morgan fingerprint density at radius 3 is 2.64 bits per heavy atom. The molecule has 7 nitrogen and oxygen atoms in total. The lowest BCUT2D eigenvalue weighted by molar-refractivity contribution is -0.115. The minimum Gasteiger partial charge on any atom is -0.493 e. The van der Waals surface area contributed by atoms with Crippen molar-refractivity contribution in [1.82, 2.24) is 14.8 Å². The first-order chi connectivity index (χ1) is 12.2. The van der Waals surface area contributed by atoms with Gasteiger partial charge in [0.25, 0.3) is 0 Å². The van der Waals surface area contributed by atoms with Crippen molar-refractivity contribution in [1.29, 1.82) is 0 Å². The average molecular weight is 338 g/mol. The summed E-state index contributed by atoms with van der Waals surface area (Å²) in [6.45, 7) is 0. The molecular weight excluding hydrogens is 320 g/mol. The predicted molar refractivity (Wildman–Crippen MR) is 93.2 cm³/mol. The molecule has 3 rings (SSSR count). The summed E-state index contributed by atoms with van der Waals surface area (Å²) in [6, 6.07) is 10.8. The highest BCUT2D eigenvalue weighted by molar-refractivity contribution is 5.92. The third kappa shape index (κ3) is 3.95. The van der Waals surface area contributed by atoms with Gasteiger partial charge in [-0.15, -0.1) is 0 Å². The van der Waals surface area contributed by atoms with Gasteiger partial charge in [0.1, 0.15) is 0 Å². The summed E-state index contributed by atoms with van der Waals surface area (Å²) in [6.07, 6.45) is 5.31. The number of hydrogen-bond donors (Lipinski definition) is 1. The molecule has 7 heteroatoms. The molecule has 3 aromatic rings. The Labute approximate surface area is 145 Å². The molecule has 0 bridgehead atoms. The number of carbonyl (C=O) groups excluding carboxylic acids is 1. The molecule has 0 radical (unpaired) electrons. The number of benzene rings is 1. The molecule has 1 amide bonds. The van der Waals surface area contributed by atoms with Crippen LogP contribution in [0.2, 0.25) is 0 Å². The highest BCUT2D eigenvalue weighted by Crippen LogP contribution is 2.27. The van der Waals surface area contributed by atoms with Crippen LogP contribution in [0.1, 0.15) is 5.56 Å². The topological polar surface area (TPSA) is 78.3 Å². The maximum Gasteiger partial charge on any atom is 0.228 e.